The molecule has 0 fully saturated rings. The van der Waals surface area contributed by atoms with Gasteiger partial charge in [0.2, 0.25) is 0 Å². The Balaban J connectivity index is 1.41. The van der Waals surface area contributed by atoms with Gasteiger partial charge >= 0.3 is 0 Å². The quantitative estimate of drug-likeness (QED) is 0.400. The maximum Gasteiger partial charge on any atom is -0.0152 e. The fraction of sp³-hybridized carbons (Fsp3) is 0.333. The van der Waals surface area contributed by atoms with Gasteiger partial charge < -0.3 is 0 Å². The van der Waals surface area contributed by atoms with Crippen LogP contribution in [0.2, 0.25) is 0 Å². The van der Waals surface area contributed by atoms with E-state index in [0.29, 0.717) is 0 Å². The molecule has 0 aliphatic heterocycles. The van der Waals surface area contributed by atoms with Crippen LogP contribution in [0.25, 0.3) is 10.8 Å². The number of unbranched alkanes of at least 4 members (excludes halogenated alkanes) is 2. The van der Waals surface area contributed by atoms with E-state index in [-0.39, 0.29) is 0 Å². The predicted molar refractivity (Wildman–Crippen MR) is 105 cm³/mol. The van der Waals surface area contributed by atoms with Crippen LogP contribution in [0.4, 0.5) is 0 Å². The molecule has 0 nitrogen and oxygen atoms in total. The Morgan fingerprint density at radius 2 is 1.46 bits per heavy atom. The summed E-state index contributed by atoms with van der Waals surface area (Å²) >= 11 is 0. The Morgan fingerprint density at radius 3 is 2.33 bits per heavy atom. The summed E-state index contributed by atoms with van der Waals surface area (Å²) in [5, 5.41) is 2.80. The molecule has 3 aromatic carbocycles. The van der Waals surface area contributed by atoms with Gasteiger partial charge in [0.15, 0.2) is 0 Å². The number of rotatable bonds is 8. The maximum atomic E-state index is 2.39. The van der Waals surface area contributed by atoms with Crippen LogP contribution in [-0.2, 0) is 12.8 Å². The van der Waals surface area contributed by atoms with Gasteiger partial charge in [0.25, 0.3) is 0 Å². The molecule has 0 saturated carbocycles. The van der Waals surface area contributed by atoms with E-state index in [1.54, 1.807) is 0 Å². The molecule has 124 valence electrons. The van der Waals surface area contributed by atoms with Crippen LogP contribution in [0, 0.1) is 5.92 Å². The highest BCUT2D eigenvalue weighted by Crippen LogP contribution is 2.21. The van der Waals surface area contributed by atoms with Crippen LogP contribution in [0.3, 0.4) is 0 Å². The highest BCUT2D eigenvalue weighted by atomic mass is 14.1. The first-order valence-electron chi connectivity index (χ1n) is 9.33. The van der Waals surface area contributed by atoms with Gasteiger partial charge in [0, 0.05) is 0 Å². The van der Waals surface area contributed by atoms with Crippen LogP contribution < -0.4 is 0 Å². The number of fused-ring (bicyclic) bond motifs is 1. The fourth-order valence-electron chi connectivity index (χ4n) is 3.61. The maximum absolute atomic E-state index is 2.39. The van der Waals surface area contributed by atoms with E-state index in [0.717, 1.165) is 5.92 Å². The van der Waals surface area contributed by atoms with Crippen molar-refractivity contribution in [3.05, 3.63) is 83.9 Å². The largest absolute Gasteiger partial charge is 0.0622 e. The summed E-state index contributed by atoms with van der Waals surface area (Å²) in [7, 11) is 0. The molecule has 24 heavy (non-hydrogen) atoms. The second kappa shape index (κ2) is 8.68. The van der Waals surface area contributed by atoms with Crippen molar-refractivity contribution in [1.82, 2.24) is 0 Å². The van der Waals surface area contributed by atoms with Crippen LogP contribution in [0.1, 0.15) is 43.7 Å². The number of hydrogen-bond donors (Lipinski definition) is 0. The molecule has 0 N–H and O–H groups in total. The van der Waals surface area contributed by atoms with Gasteiger partial charge in [0.1, 0.15) is 0 Å². The standard InChI is InChI=1S/C24H28/c1-20(19-21-12-5-3-6-13-21)11-4-2-7-14-22-16-10-17-23-15-8-9-18-24(22)23/h3,5-6,8-10,12-13,15-18,20H,2,4,7,11,14,19H2,1H3. The van der Waals surface area contributed by atoms with Gasteiger partial charge in [-0.3, -0.25) is 0 Å². The van der Waals surface area contributed by atoms with Crippen molar-refractivity contribution in [3.63, 3.8) is 0 Å². The lowest BCUT2D eigenvalue weighted by Crippen LogP contribution is -1.99. The van der Waals surface area contributed by atoms with E-state index in [1.165, 1.54) is 60.4 Å². The zero-order chi connectivity index (χ0) is 16.6. The van der Waals surface area contributed by atoms with Gasteiger partial charge in [-0.15, -0.1) is 0 Å². The monoisotopic (exact) mass is 316 g/mol. The first-order chi connectivity index (χ1) is 11.8. The van der Waals surface area contributed by atoms with E-state index in [1.807, 2.05) is 0 Å². The number of benzene rings is 3. The molecule has 0 heterocycles. The number of hydrogen-bond acceptors (Lipinski definition) is 0. The molecule has 0 aliphatic carbocycles. The SMILES string of the molecule is CC(CCCCCc1cccc2ccccc12)Cc1ccccc1. The molecule has 1 atom stereocenters. The average molecular weight is 316 g/mol. The minimum atomic E-state index is 0.782. The third kappa shape index (κ3) is 4.71. The van der Waals surface area contributed by atoms with E-state index in [9.17, 15) is 0 Å². The number of aryl methyl sites for hydroxylation is 1. The topological polar surface area (TPSA) is 0 Å². The molecule has 0 bridgehead atoms. The van der Waals surface area contributed by atoms with Crippen molar-refractivity contribution in [1.29, 1.82) is 0 Å². The van der Waals surface area contributed by atoms with Crippen molar-refractivity contribution in [2.24, 2.45) is 5.92 Å². The van der Waals surface area contributed by atoms with E-state index >= 15 is 0 Å². The molecule has 0 heteroatoms. The molecule has 0 saturated heterocycles. The first-order valence-corrected chi connectivity index (χ1v) is 9.33. The summed E-state index contributed by atoms with van der Waals surface area (Å²) in [5.41, 5.74) is 2.98. The summed E-state index contributed by atoms with van der Waals surface area (Å²) < 4.78 is 0. The molecular formula is C24H28. The lowest BCUT2D eigenvalue weighted by atomic mass is 9.94. The predicted octanol–water partition coefficient (Wildman–Crippen LogP) is 6.82. The molecule has 0 spiro atoms. The average Bonchev–Trinajstić information content (AvgIpc) is 2.62. The van der Waals surface area contributed by atoms with Crippen LogP contribution in [0.15, 0.2) is 72.8 Å². The second-order valence-electron chi connectivity index (χ2n) is 7.03. The van der Waals surface area contributed by atoms with E-state index in [4.69, 9.17) is 0 Å². The molecule has 0 aliphatic rings. The Morgan fingerprint density at radius 1 is 0.708 bits per heavy atom. The molecule has 3 aromatic rings. The van der Waals surface area contributed by atoms with Crippen LogP contribution >= 0.6 is 0 Å². The Hall–Kier alpha value is -2.08. The van der Waals surface area contributed by atoms with Crippen molar-refractivity contribution in [2.75, 3.05) is 0 Å². The lowest BCUT2D eigenvalue weighted by Gasteiger charge is -2.11. The van der Waals surface area contributed by atoms with Gasteiger partial charge in [-0.05, 0) is 47.1 Å². The normalized spacial score (nSPS) is 12.4. The molecule has 0 aromatic heterocycles. The highest BCUT2D eigenvalue weighted by Gasteiger charge is 2.04. The second-order valence-corrected chi connectivity index (χ2v) is 7.03. The molecular weight excluding hydrogens is 288 g/mol. The first kappa shape index (κ1) is 16.8. The van der Waals surface area contributed by atoms with Crippen LogP contribution in [0.5, 0.6) is 0 Å². The highest BCUT2D eigenvalue weighted by molar-refractivity contribution is 5.85. The van der Waals surface area contributed by atoms with Gasteiger partial charge in [-0.25, -0.2) is 0 Å². The Labute approximate surface area is 146 Å². The summed E-state index contributed by atoms with van der Waals surface area (Å²) in [4.78, 5) is 0. The minimum Gasteiger partial charge on any atom is -0.0622 e. The fourth-order valence-corrected chi connectivity index (χ4v) is 3.61. The van der Waals surface area contributed by atoms with Crippen LogP contribution in [-0.4, -0.2) is 0 Å². The lowest BCUT2D eigenvalue weighted by molar-refractivity contribution is 0.489. The zero-order valence-corrected chi connectivity index (χ0v) is 14.7. The van der Waals surface area contributed by atoms with Gasteiger partial charge in [-0.2, -0.15) is 0 Å². The summed E-state index contributed by atoms with van der Waals surface area (Å²) in [6.07, 6.45) is 7.73. The Bertz CT molecular complexity index is 737. The van der Waals surface area contributed by atoms with Crippen molar-refractivity contribution in [3.8, 4) is 0 Å². The zero-order valence-electron chi connectivity index (χ0n) is 14.7. The summed E-state index contributed by atoms with van der Waals surface area (Å²) in [5.74, 6) is 0.782. The molecule has 0 amide bonds. The van der Waals surface area contributed by atoms with Gasteiger partial charge in [0.05, 0.1) is 0 Å². The third-order valence-electron chi connectivity index (χ3n) is 4.95. The van der Waals surface area contributed by atoms with E-state index < -0.39 is 0 Å². The van der Waals surface area contributed by atoms with Crippen molar-refractivity contribution >= 4 is 10.8 Å². The smallest absolute Gasteiger partial charge is 0.0152 e. The molecule has 1 unspecified atom stereocenters. The van der Waals surface area contributed by atoms with Crippen molar-refractivity contribution in [2.45, 2.75) is 45.4 Å². The summed E-state index contributed by atoms with van der Waals surface area (Å²) in [6, 6.07) is 26.3. The minimum absolute atomic E-state index is 0.782. The molecule has 0 radical (unpaired) electrons. The molecule has 3 rings (SSSR count). The van der Waals surface area contributed by atoms with E-state index in [2.05, 4.69) is 79.7 Å². The van der Waals surface area contributed by atoms with Crippen molar-refractivity contribution < 1.29 is 0 Å². The van der Waals surface area contributed by atoms with Gasteiger partial charge in [-0.1, -0.05) is 99.0 Å². The summed E-state index contributed by atoms with van der Waals surface area (Å²) in [6.45, 7) is 2.39. The third-order valence-corrected chi connectivity index (χ3v) is 4.95. The Kier molecular flexibility index (Phi) is 6.07.